The first-order chi connectivity index (χ1) is 12.1. The molecule has 4 N–H and O–H groups in total. The minimum Gasteiger partial charge on any atom is -0.396 e. The molecule has 1 fully saturated rings. The van der Waals surface area contributed by atoms with Crippen LogP contribution in [-0.2, 0) is 11.3 Å². The average Bonchev–Trinajstić information content (AvgIpc) is 2.98. The second kappa shape index (κ2) is 6.30. The van der Waals surface area contributed by atoms with E-state index in [2.05, 4.69) is 15.0 Å². The molecular weight excluding hydrogens is 323 g/mol. The van der Waals surface area contributed by atoms with Crippen LogP contribution in [0.5, 0.6) is 0 Å². The van der Waals surface area contributed by atoms with Gasteiger partial charge < -0.3 is 16.2 Å². The number of nitrogens with zero attached hydrogens (tertiary/aromatic N) is 4. The number of morpholine rings is 1. The molecule has 0 amide bonds. The third-order valence-electron chi connectivity index (χ3n) is 4.46. The van der Waals surface area contributed by atoms with Crippen LogP contribution >= 0.6 is 0 Å². The molecular formula is C17H19FN6O. The van der Waals surface area contributed by atoms with Crippen molar-refractivity contribution in [2.75, 3.05) is 37.8 Å². The smallest absolute Gasteiger partial charge is 0.151 e. The highest BCUT2D eigenvalue weighted by molar-refractivity contribution is 5.88. The van der Waals surface area contributed by atoms with Crippen molar-refractivity contribution in [3.63, 3.8) is 0 Å². The maximum atomic E-state index is 13.9. The van der Waals surface area contributed by atoms with Crippen molar-refractivity contribution >= 4 is 17.0 Å². The monoisotopic (exact) mass is 342 g/mol. The number of anilines is 2. The van der Waals surface area contributed by atoms with Gasteiger partial charge in [0.05, 0.1) is 24.6 Å². The molecule has 3 heterocycles. The summed E-state index contributed by atoms with van der Waals surface area (Å²) >= 11 is 0. The van der Waals surface area contributed by atoms with Crippen LogP contribution < -0.4 is 11.5 Å². The second-order valence-corrected chi connectivity index (χ2v) is 6.08. The molecule has 1 aromatic carbocycles. The van der Waals surface area contributed by atoms with Gasteiger partial charge in [-0.1, -0.05) is 6.07 Å². The molecule has 0 saturated carbocycles. The average molecular weight is 342 g/mol. The van der Waals surface area contributed by atoms with Gasteiger partial charge in [-0.2, -0.15) is 5.10 Å². The van der Waals surface area contributed by atoms with E-state index in [-0.39, 0.29) is 5.69 Å². The molecule has 0 atom stereocenters. The van der Waals surface area contributed by atoms with Crippen molar-refractivity contribution in [1.29, 1.82) is 0 Å². The van der Waals surface area contributed by atoms with Crippen molar-refractivity contribution in [3.05, 3.63) is 42.1 Å². The summed E-state index contributed by atoms with van der Waals surface area (Å²) < 4.78 is 21.1. The van der Waals surface area contributed by atoms with E-state index in [0.717, 1.165) is 37.6 Å². The maximum absolute atomic E-state index is 13.9. The zero-order valence-corrected chi connectivity index (χ0v) is 13.7. The fourth-order valence-corrected chi connectivity index (χ4v) is 3.15. The van der Waals surface area contributed by atoms with E-state index in [4.69, 9.17) is 16.2 Å². The SMILES string of the molecule is Nc1ccc(-c2cc(CN3CCOCC3)n3ncnc(N)c23)cc1F. The summed E-state index contributed by atoms with van der Waals surface area (Å²) in [5.74, 6) is -0.0996. The van der Waals surface area contributed by atoms with Crippen molar-refractivity contribution in [2.45, 2.75) is 6.54 Å². The minimum atomic E-state index is -0.456. The second-order valence-electron chi connectivity index (χ2n) is 6.08. The molecule has 7 nitrogen and oxygen atoms in total. The Morgan fingerprint density at radius 1 is 1.16 bits per heavy atom. The fraction of sp³-hybridized carbons (Fsp3) is 0.294. The Morgan fingerprint density at radius 2 is 1.96 bits per heavy atom. The predicted molar refractivity (Wildman–Crippen MR) is 93.3 cm³/mol. The number of benzene rings is 1. The van der Waals surface area contributed by atoms with Gasteiger partial charge in [-0.25, -0.2) is 13.9 Å². The fourth-order valence-electron chi connectivity index (χ4n) is 3.15. The molecule has 1 aliphatic rings. The predicted octanol–water partition coefficient (Wildman–Crippen LogP) is 1.53. The molecule has 25 heavy (non-hydrogen) atoms. The molecule has 0 radical (unpaired) electrons. The zero-order chi connectivity index (χ0) is 17.4. The minimum absolute atomic E-state index is 0.116. The maximum Gasteiger partial charge on any atom is 0.151 e. The Hall–Kier alpha value is -2.71. The molecule has 1 aliphatic heterocycles. The Kier molecular flexibility index (Phi) is 3.98. The Labute approximate surface area is 144 Å². The largest absolute Gasteiger partial charge is 0.396 e. The topological polar surface area (TPSA) is 94.7 Å². The van der Waals surface area contributed by atoms with E-state index in [1.54, 1.807) is 16.6 Å². The van der Waals surface area contributed by atoms with Crippen LogP contribution in [0.4, 0.5) is 15.9 Å². The van der Waals surface area contributed by atoms with E-state index in [0.29, 0.717) is 23.4 Å². The highest BCUT2D eigenvalue weighted by Gasteiger charge is 2.19. The van der Waals surface area contributed by atoms with Gasteiger partial charge in [-0.05, 0) is 23.8 Å². The highest BCUT2D eigenvalue weighted by Crippen LogP contribution is 2.32. The van der Waals surface area contributed by atoms with Crippen LogP contribution in [0.25, 0.3) is 16.6 Å². The summed E-state index contributed by atoms with van der Waals surface area (Å²) in [6.45, 7) is 3.87. The van der Waals surface area contributed by atoms with E-state index in [1.807, 2.05) is 6.07 Å². The molecule has 1 saturated heterocycles. The van der Waals surface area contributed by atoms with Gasteiger partial charge in [0.25, 0.3) is 0 Å². The summed E-state index contributed by atoms with van der Waals surface area (Å²) in [5, 5.41) is 4.34. The van der Waals surface area contributed by atoms with Crippen molar-refractivity contribution in [2.24, 2.45) is 0 Å². The number of rotatable bonds is 3. The Balaban J connectivity index is 1.82. The van der Waals surface area contributed by atoms with Gasteiger partial charge in [-0.3, -0.25) is 4.90 Å². The van der Waals surface area contributed by atoms with Crippen LogP contribution in [0.3, 0.4) is 0 Å². The van der Waals surface area contributed by atoms with Gasteiger partial charge in [0.2, 0.25) is 0 Å². The Morgan fingerprint density at radius 3 is 2.72 bits per heavy atom. The summed E-state index contributed by atoms with van der Waals surface area (Å²) in [6, 6.07) is 6.73. The van der Waals surface area contributed by atoms with E-state index in [9.17, 15) is 4.39 Å². The number of nitrogens with two attached hydrogens (primary N) is 2. The van der Waals surface area contributed by atoms with Crippen molar-refractivity contribution in [1.82, 2.24) is 19.5 Å². The third kappa shape index (κ3) is 2.90. The Bertz CT molecular complexity index is 919. The van der Waals surface area contributed by atoms with E-state index >= 15 is 0 Å². The lowest BCUT2D eigenvalue weighted by atomic mass is 10.1. The molecule has 3 aromatic rings. The van der Waals surface area contributed by atoms with Crippen LogP contribution in [0.2, 0.25) is 0 Å². The molecule has 0 unspecified atom stereocenters. The first kappa shape index (κ1) is 15.8. The lowest BCUT2D eigenvalue weighted by Gasteiger charge is -2.26. The molecule has 8 heteroatoms. The summed E-state index contributed by atoms with van der Waals surface area (Å²) in [6.07, 6.45) is 1.43. The van der Waals surface area contributed by atoms with Gasteiger partial charge in [0.15, 0.2) is 5.82 Å². The molecule has 2 aromatic heterocycles. The third-order valence-corrected chi connectivity index (χ3v) is 4.46. The molecule has 0 aliphatic carbocycles. The number of halogens is 1. The number of hydrogen-bond acceptors (Lipinski definition) is 6. The van der Waals surface area contributed by atoms with Gasteiger partial charge in [0.1, 0.15) is 17.7 Å². The molecule has 0 bridgehead atoms. The lowest BCUT2D eigenvalue weighted by molar-refractivity contribution is 0.0334. The number of fused-ring (bicyclic) bond motifs is 1. The summed E-state index contributed by atoms with van der Waals surface area (Å²) in [4.78, 5) is 6.38. The summed E-state index contributed by atoms with van der Waals surface area (Å²) in [7, 11) is 0. The van der Waals surface area contributed by atoms with Gasteiger partial charge >= 0.3 is 0 Å². The summed E-state index contributed by atoms with van der Waals surface area (Å²) in [5.41, 5.74) is 14.9. The van der Waals surface area contributed by atoms with E-state index in [1.165, 1.54) is 12.4 Å². The van der Waals surface area contributed by atoms with Crippen molar-refractivity contribution in [3.8, 4) is 11.1 Å². The first-order valence-electron chi connectivity index (χ1n) is 8.10. The van der Waals surface area contributed by atoms with Crippen LogP contribution in [0.15, 0.2) is 30.6 Å². The molecule has 130 valence electrons. The number of hydrogen-bond donors (Lipinski definition) is 2. The zero-order valence-electron chi connectivity index (χ0n) is 13.7. The van der Waals surface area contributed by atoms with Crippen LogP contribution in [-0.4, -0.2) is 45.8 Å². The quantitative estimate of drug-likeness (QED) is 0.701. The van der Waals surface area contributed by atoms with Crippen LogP contribution in [0, 0.1) is 5.82 Å². The van der Waals surface area contributed by atoms with Crippen molar-refractivity contribution < 1.29 is 9.13 Å². The molecule has 0 spiro atoms. The van der Waals surface area contributed by atoms with Gasteiger partial charge in [-0.15, -0.1) is 0 Å². The number of ether oxygens (including phenoxy) is 1. The first-order valence-corrected chi connectivity index (χ1v) is 8.10. The normalized spacial score (nSPS) is 15.7. The molecule has 4 rings (SSSR count). The standard InChI is InChI=1S/C17H19FN6O/c18-14-7-11(1-2-15(14)19)13-8-12(9-23-3-5-25-6-4-23)24-16(13)17(20)21-10-22-24/h1-2,7-8,10H,3-6,9,19H2,(H2,20,21,22). The number of nitrogen functional groups attached to an aromatic ring is 2. The lowest BCUT2D eigenvalue weighted by Crippen LogP contribution is -2.36. The highest BCUT2D eigenvalue weighted by atomic mass is 19.1. The van der Waals surface area contributed by atoms with Gasteiger partial charge in [0, 0.05) is 25.2 Å². The number of aromatic nitrogens is 3. The van der Waals surface area contributed by atoms with E-state index < -0.39 is 5.82 Å². The van der Waals surface area contributed by atoms with Crippen LogP contribution in [0.1, 0.15) is 5.69 Å².